The third-order valence-corrected chi connectivity index (χ3v) is 2.62. The Morgan fingerprint density at radius 2 is 2.10 bits per heavy atom. The molecule has 1 rings (SSSR count). The summed E-state index contributed by atoms with van der Waals surface area (Å²) in [5.41, 5.74) is 5.76. The van der Waals surface area contributed by atoms with Gasteiger partial charge in [0.2, 0.25) is 5.91 Å². The largest absolute Gasteiger partial charge is 0.493 e. The zero-order chi connectivity index (χ0) is 15.1. The SMILES string of the molecule is CCCNC(C(N)=O)c1ccc(OC)c(OC(F)F)c1. The summed E-state index contributed by atoms with van der Waals surface area (Å²) in [5.74, 6) is -0.566. The summed E-state index contributed by atoms with van der Waals surface area (Å²) in [4.78, 5) is 11.4. The maximum absolute atomic E-state index is 12.3. The van der Waals surface area contributed by atoms with Crippen LogP contribution >= 0.6 is 0 Å². The number of rotatable bonds is 8. The second-order valence-corrected chi connectivity index (χ2v) is 4.08. The van der Waals surface area contributed by atoms with E-state index in [-0.39, 0.29) is 11.5 Å². The summed E-state index contributed by atoms with van der Waals surface area (Å²) in [6.45, 7) is -0.468. The number of carbonyl (C=O) groups excluding carboxylic acids is 1. The molecule has 0 aliphatic rings. The predicted molar refractivity (Wildman–Crippen MR) is 69.9 cm³/mol. The minimum atomic E-state index is -2.98. The Bertz CT molecular complexity index is 455. The Hall–Kier alpha value is -1.89. The van der Waals surface area contributed by atoms with Gasteiger partial charge in [0, 0.05) is 0 Å². The van der Waals surface area contributed by atoms with Crippen molar-refractivity contribution in [3.63, 3.8) is 0 Å². The highest BCUT2D eigenvalue weighted by atomic mass is 19.3. The molecule has 0 radical (unpaired) electrons. The van der Waals surface area contributed by atoms with Crippen molar-refractivity contribution < 1.29 is 23.0 Å². The molecular formula is C13H18F2N2O3. The lowest BCUT2D eigenvalue weighted by Crippen LogP contribution is -2.34. The lowest BCUT2D eigenvalue weighted by Gasteiger charge is -2.17. The van der Waals surface area contributed by atoms with E-state index in [4.69, 9.17) is 10.5 Å². The highest BCUT2D eigenvalue weighted by Gasteiger charge is 2.20. The number of benzene rings is 1. The minimum absolute atomic E-state index is 0.135. The molecule has 0 aromatic heterocycles. The molecule has 0 aliphatic heterocycles. The molecule has 0 bridgehead atoms. The van der Waals surface area contributed by atoms with Crippen molar-refractivity contribution in [3.05, 3.63) is 23.8 Å². The zero-order valence-electron chi connectivity index (χ0n) is 11.4. The number of ether oxygens (including phenoxy) is 2. The van der Waals surface area contributed by atoms with Crippen LogP contribution in [0.4, 0.5) is 8.78 Å². The molecular weight excluding hydrogens is 270 g/mol. The molecule has 1 atom stereocenters. The van der Waals surface area contributed by atoms with Gasteiger partial charge in [-0.15, -0.1) is 0 Å². The Morgan fingerprint density at radius 3 is 2.60 bits per heavy atom. The van der Waals surface area contributed by atoms with E-state index in [9.17, 15) is 13.6 Å². The highest BCUT2D eigenvalue weighted by molar-refractivity contribution is 5.81. The summed E-state index contributed by atoms with van der Waals surface area (Å²) < 4.78 is 34.0. The summed E-state index contributed by atoms with van der Waals surface area (Å²) in [6.07, 6.45) is 0.806. The van der Waals surface area contributed by atoms with E-state index < -0.39 is 18.6 Å². The number of amides is 1. The van der Waals surface area contributed by atoms with Crippen LogP contribution in [0.25, 0.3) is 0 Å². The first-order chi connectivity index (χ1) is 9.49. The number of alkyl halides is 2. The predicted octanol–water partition coefficient (Wildman–Crippen LogP) is 1.82. The number of methoxy groups -OCH3 is 1. The molecule has 0 saturated heterocycles. The Balaban J connectivity index is 3.06. The number of hydrogen-bond acceptors (Lipinski definition) is 4. The van der Waals surface area contributed by atoms with Crippen LogP contribution in [0.3, 0.4) is 0 Å². The van der Waals surface area contributed by atoms with Gasteiger partial charge >= 0.3 is 6.61 Å². The van der Waals surface area contributed by atoms with Gasteiger partial charge in [0.25, 0.3) is 0 Å². The second kappa shape index (κ2) is 7.64. The van der Waals surface area contributed by atoms with Crippen LogP contribution < -0.4 is 20.5 Å². The molecule has 1 aromatic rings. The maximum atomic E-state index is 12.3. The van der Waals surface area contributed by atoms with Crippen LogP contribution in [0.5, 0.6) is 11.5 Å². The molecule has 3 N–H and O–H groups in total. The van der Waals surface area contributed by atoms with Crippen LogP contribution in [0, 0.1) is 0 Å². The maximum Gasteiger partial charge on any atom is 0.387 e. The van der Waals surface area contributed by atoms with Crippen molar-refractivity contribution in [2.24, 2.45) is 5.73 Å². The first-order valence-corrected chi connectivity index (χ1v) is 6.15. The van der Waals surface area contributed by atoms with Crippen molar-refractivity contribution in [3.8, 4) is 11.5 Å². The number of nitrogens with two attached hydrogens (primary N) is 1. The van der Waals surface area contributed by atoms with E-state index in [1.165, 1.54) is 19.2 Å². The molecule has 0 saturated carbocycles. The molecule has 0 spiro atoms. The van der Waals surface area contributed by atoms with Crippen LogP contribution in [-0.4, -0.2) is 26.2 Å². The van der Waals surface area contributed by atoms with E-state index in [1.807, 2.05) is 6.92 Å². The van der Waals surface area contributed by atoms with E-state index in [2.05, 4.69) is 10.1 Å². The second-order valence-electron chi connectivity index (χ2n) is 4.08. The standard InChI is InChI=1S/C13H18F2N2O3/c1-3-6-17-11(12(16)18)8-4-5-9(19-2)10(7-8)20-13(14)15/h4-5,7,11,13,17H,3,6H2,1-2H3,(H2,16,18). The molecule has 7 heteroatoms. The number of halogens is 2. The number of primary amides is 1. The Labute approximate surface area is 116 Å². The summed E-state index contributed by atoms with van der Waals surface area (Å²) in [5, 5.41) is 2.94. The smallest absolute Gasteiger partial charge is 0.387 e. The van der Waals surface area contributed by atoms with Gasteiger partial charge in [-0.25, -0.2) is 0 Å². The first-order valence-electron chi connectivity index (χ1n) is 6.15. The Morgan fingerprint density at radius 1 is 1.40 bits per heavy atom. The van der Waals surface area contributed by atoms with E-state index in [0.717, 1.165) is 6.42 Å². The average molecular weight is 288 g/mol. The lowest BCUT2D eigenvalue weighted by molar-refractivity contribution is -0.120. The molecule has 0 aliphatic carbocycles. The summed E-state index contributed by atoms with van der Waals surface area (Å²) >= 11 is 0. The van der Waals surface area contributed by atoms with Gasteiger partial charge in [-0.1, -0.05) is 13.0 Å². The van der Waals surface area contributed by atoms with E-state index in [1.54, 1.807) is 6.07 Å². The van der Waals surface area contributed by atoms with E-state index in [0.29, 0.717) is 12.1 Å². The lowest BCUT2D eigenvalue weighted by atomic mass is 10.1. The summed E-state index contributed by atoms with van der Waals surface area (Å²) in [6, 6.07) is 3.59. The molecule has 20 heavy (non-hydrogen) atoms. The van der Waals surface area contributed by atoms with Crippen molar-refractivity contribution in [1.29, 1.82) is 0 Å². The third kappa shape index (κ3) is 4.34. The molecule has 112 valence electrons. The van der Waals surface area contributed by atoms with Gasteiger partial charge in [0.15, 0.2) is 11.5 Å². The Kier molecular flexibility index (Phi) is 6.17. The molecule has 1 unspecified atom stereocenters. The zero-order valence-corrected chi connectivity index (χ0v) is 11.4. The van der Waals surface area contributed by atoms with Crippen LogP contribution in [0.1, 0.15) is 24.9 Å². The number of hydrogen-bond donors (Lipinski definition) is 2. The fourth-order valence-corrected chi connectivity index (χ4v) is 1.73. The molecule has 1 aromatic carbocycles. The highest BCUT2D eigenvalue weighted by Crippen LogP contribution is 2.31. The fraction of sp³-hybridized carbons (Fsp3) is 0.462. The van der Waals surface area contributed by atoms with Crippen LogP contribution in [0.2, 0.25) is 0 Å². The summed E-state index contributed by atoms with van der Waals surface area (Å²) in [7, 11) is 1.34. The van der Waals surface area contributed by atoms with Crippen molar-refractivity contribution >= 4 is 5.91 Å². The van der Waals surface area contributed by atoms with Crippen LogP contribution in [-0.2, 0) is 4.79 Å². The van der Waals surface area contributed by atoms with Gasteiger partial charge < -0.3 is 20.5 Å². The van der Waals surface area contributed by atoms with Crippen molar-refractivity contribution in [2.45, 2.75) is 26.0 Å². The third-order valence-electron chi connectivity index (χ3n) is 2.62. The molecule has 5 nitrogen and oxygen atoms in total. The van der Waals surface area contributed by atoms with Gasteiger partial charge in [0.1, 0.15) is 6.04 Å². The average Bonchev–Trinajstić information content (AvgIpc) is 2.38. The quantitative estimate of drug-likeness (QED) is 0.765. The fourth-order valence-electron chi connectivity index (χ4n) is 1.73. The molecule has 1 amide bonds. The van der Waals surface area contributed by atoms with Crippen molar-refractivity contribution in [2.75, 3.05) is 13.7 Å². The van der Waals surface area contributed by atoms with Gasteiger partial charge in [0.05, 0.1) is 7.11 Å². The van der Waals surface area contributed by atoms with Crippen LogP contribution in [0.15, 0.2) is 18.2 Å². The minimum Gasteiger partial charge on any atom is -0.493 e. The van der Waals surface area contributed by atoms with Gasteiger partial charge in [-0.2, -0.15) is 8.78 Å². The van der Waals surface area contributed by atoms with E-state index >= 15 is 0 Å². The number of nitrogens with one attached hydrogen (secondary N) is 1. The van der Waals surface area contributed by atoms with Crippen molar-refractivity contribution in [1.82, 2.24) is 5.32 Å². The normalized spacial score (nSPS) is 12.2. The van der Waals surface area contributed by atoms with Gasteiger partial charge in [-0.05, 0) is 30.7 Å². The molecule has 0 heterocycles. The molecule has 0 fully saturated rings. The monoisotopic (exact) mass is 288 g/mol. The topological polar surface area (TPSA) is 73.6 Å². The van der Waals surface area contributed by atoms with Gasteiger partial charge in [-0.3, -0.25) is 4.79 Å². The number of carbonyl (C=O) groups is 1. The first kappa shape index (κ1) is 16.2.